The molecule has 2 N–H and O–H groups in total. The number of ether oxygens (including phenoxy) is 1. The highest BCUT2D eigenvalue weighted by Gasteiger charge is 2.24. The lowest BCUT2D eigenvalue weighted by atomic mass is 9.99. The average molecular weight is 240 g/mol. The lowest BCUT2D eigenvalue weighted by molar-refractivity contribution is -0.124. The van der Waals surface area contributed by atoms with Crippen molar-refractivity contribution < 1.29 is 9.53 Å². The van der Waals surface area contributed by atoms with Crippen LogP contribution in [0.2, 0.25) is 0 Å². The maximum Gasteiger partial charge on any atom is 0.237 e. The van der Waals surface area contributed by atoms with Gasteiger partial charge < -0.3 is 15.4 Å². The summed E-state index contributed by atoms with van der Waals surface area (Å²) in [6.45, 7) is 4.70. The van der Waals surface area contributed by atoms with Crippen molar-refractivity contribution in [2.45, 2.75) is 51.1 Å². The predicted molar refractivity (Wildman–Crippen MR) is 66.8 cm³/mol. The Hall–Kier alpha value is -0.610. The molecule has 3 unspecified atom stereocenters. The summed E-state index contributed by atoms with van der Waals surface area (Å²) in [6.07, 6.45) is 5.51. The van der Waals surface area contributed by atoms with Crippen molar-refractivity contribution in [1.82, 2.24) is 10.6 Å². The summed E-state index contributed by atoms with van der Waals surface area (Å²) in [7, 11) is 0. The number of amides is 1. The monoisotopic (exact) mass is 240 g/mol. The molecule has 0 aromatic heterocycles. The molecule has 2 rings (SSSR count). The molecule has 0 saturated carbocycles. The van der Waals surface area contributed by atoms with Gasteiger partial charge in [0.2, 0.25) is 5.91 Å². The van der Waals surface area contributed by atoms with E-state index >= 15 is 0 Å². The molecule has 2 aliphatic rings. The Morgan fingerprint density at radius 1 is 1.41 bits per heavy atom. The Kier molecular flexibility index (Phi) is 4.80. The van der Waals surface area contributed by atoms with Gasteiger partial charge in [0.15, 0.2) is 0 Å². The lowest BCUT2D eigenvalue weighted by Crippen LogP contribution is -2.50. The molecule has 4 nitrogen and oxygen atoms in total. The molecule has 0 aliphatic carbocycles. The first kappa shape index (κ1) is 12.8. The van der Waals surface area contributed by atoms with Crippen LogP contribution in [0.15, 0.2) is 0 Å². The first-order valence-corrected chi connectivity index (χ1v) is 6.87. The summed E-state index contributed by atoms with van der Waals surface area (Å²) in [5.41, 5.74) is 0. The van der Waals surface area contributed by atoms with E-state index in [-0.39, 0.29) is 11.9 Å². The highest BCUT2D eigenvalue weighted by atomic mass is 16.5. The Morgan fingerprint density at radius 2 is 2.29 bits per heavy atom. The Bertz CT molecular complexity index is 252. The summed E-state index contributed by atoms with van der Waals surface area (Å²) in [5.74, 6) is 0.823. The van der Waals surface area contributed by atoms with Crippen LogP contribution in [0.1, 0.15) is 39.0 Å². The van der Waals surface area contributed by atoms with Gasteiger partial charge in [-0.3, -0.25) is 4.79 Å². The van der Waals surface area contributed by atoms with Crippen molar-refractivity contribution in [3.63, 3.8) is 0 Å². The van der Waals surface area contributed by atoms with Crippen molar-refractivity contribution in [2.75, 3.05) is 19.8 Å². The normalized spacial score (nSPS) is 33.6. The van der Waals surface area contributed by atoms with E-state index in [2.05, 4.69) is 17.6 Å². The highest BCUT2D eigenvalue weighted by molar-refractivity contribution is 5.81. The van der Waals surface area contributed by atoms with Gasteiger partial charge in [-0.1, -0.05) is 0 Å². The quantitative estimate of drug-likeness (QED) is 0.772. The Labute approximate surface area is 103 Å². The molecule has 4 heteroatoms. The van der Waals surface area contributed by atoms with Gasteiger partial charge in [0.1, 0.15) is 0 Å². The number of nitrogens with one attached hydrogen (secondary N) is 2. The second-order valence-electron chi connectivity index (χ2n) is 5.36. The molecular formula is C13H24N2O2. The van der Waals surface area contributed by atoms with Crippen LogP contribution in [0, 0.1) is 5.92 Å². The standard InChI is InChI=1S/C13H24N2O2/c1-10-3-2-4-12(15-10)13(16)14-7-5-11-6-8-17-9-11/h10-12,15H,2-9H2,1H3,(H,14,16). The number of carbonyl (C=O) groups is 1. The Morgan fingerprint density at radius 3 is 3.00 bits per heavy atom. The topological polar surface area (TPSA) is 50.4 Å². The summed E-state index contributed by atoms with van der Waals surface area (Å²) >= 11 is 0. The van der Waals surface area contributed by atoms with Gasteiger partial charge >= 0.3 is 0 Å². The summed E-state index contributed by atoms with van der Waals surface area (Å²) in [6, 6.07) is 0.501. The van der Waals surface area contributed by atoms with Crippen LogP contribution in [0.25, 0.3) is 0 Å². The van der Waals surface area contributed by atoms with Crippen LogP contribution in [0.4, 0.5) is 0 Å². The maximum absolute atomic E-state index is 11.9. The molecule has 1 amide bonds. The first-order chi connectivity index (χ1) is 8.25. The molecular weight excluding hydrogens is 216 g/mol. The molecule has 17 heavy (non-hydrogen) atoms. The molecule has 98 valence electrons. The fourth-order valence-corrected chi connectivity index (χ4v) is 2.68. The third-order valence-electron chi connectivity index (χ3n) is 3.81. The number of carbonyl (C=O) groups excluding carboxylic acids is 1. The van der Waals surface area contributed by atoms with Crippen LogP contribution in [-0.4, -0.2) is 37.7 Å². The van der Waals surface area contributed by atoms with Gasteiger partial charge in [-0.2, -0.15) is 0 Å². The average Bonchev–Trinajstić information content (AvgIpc) is 2.82. The second kappa shape index (κ2) is 6.36. The summed E-state index contributed by atoms with van der Waals surface area (Å²) < 4.78 is 5.32. The minimum atomic E-state index is 0.0265. The smallest absolute Gasteiger partial charge is 0.237 e. The van der Waals surface area contributed by atoms with Gasteiger partial charge in [-0.25, -0.2) is 0 Å². The maximum atomic E-state index is 11.9. The van der Waals surface area contributed by atoms with Crippen LogP contribution in [0.5, 0.6) is 0 Å². The molecule has 0 spiro atoms. The van der Waals surface area contributed by atoms with E-state index in [4.69, 9.17) is 4.74 Å². The van der Waals surface area contributed by atoms with Gasteiger partial charge in [-0.15, -0.1) is 0 Å². The molecule has 0 aromatic carbocycles. The highest BCUT2D eigenvalue weighted by Crippen LogP contribution is 2.15. The molecule has 3 atom stereocenters. The van der Waals surface area contributed by atoms with Crippen molar-refractivity contribution in [2.24, 2.45) is 5.92 Å². The molecule has 2 heterocycles. The van der Waals surface area contributed by atoms with Gasteiger partial charge in [-0.05, 0) is 44.9 Å². The molecule has 0 aromatic rings. The number of piperidine rings is 1. The van der Waals surface area contributed by atoms with Crippen LogP contribution >= 0.6 is 0 Å². The largest absolute Gasteiger partial charge is 0.381 e. The third kappa shape index (κ3) is 3.96. The lowest BCUT2D eigenvalue weighted by Gasteiger charge is -2.27. The van der Waals surface area contributed by atoms with Crippen molar-refractivity contribution in [3.05, 3.63) is 0 Å². The van der Waals surface area contributed by atoms with Crippen LogP contribution in [-0.2, 0) is 9.53 Å². The van der Waals surface area contributed by atoms with Crippen molar-refractivity contribution in [1.29, 1.82) is 0 Å². The molecule has 2 fully saturated rings. The minimum Gasteiger partial charge on any atom is -0.381 e. The summed E-state index contributed by atoms with van der Waals surface area (Å²) in [4.78, 5) is 11.9. The van der Waals surface area contributed by atoms with Crippen molar-refractivity contribution in [3.8, 4) is 0 Å². The van der Waals surface area contributed by atoms with E-state index in [1.165, 1.54) is 6.42 Å². The third-order valence-corrected chi connectivity index (χ3v) is 3.81. The fraction of sp³-hybridized carbons (Fsp3) is 0.923. The SMILES string of the molecule is CC1CCCC(C(=O)NCCC2CCOC2)N1. The second-order valence-corrected chi connectivity index (χ2v) is 5.36. The van der Waals surface area contributed by atoms with Gasteiger partial charge in [0.05, 0.1) is 6.04 Å². The molecule has 0 bridgehead atoms. The first-order valence-electron chi connectivity index (χ1n) is 6.87. The van der Waals surface area contributed by atoms with E-state index in [0.717, 1.165) is 45.4 Å². The van der Waals surface area contributed by atoms with E-state index < -0.39 is 0 Å². The zero-order chi connectivity index (χ0) is 12.1. The number of rotatable bonds is 4. The molecule has 2 saturated heterocycles. The van der Waals surface area contributed by atoms with E-state index in [1.807, 2.05) is 0 Å². The molecule has 2 aliphatic heterocycles. The zero-order valence-corrected chi connectivity index (χ0v) is 10.7. The summed E-state index contributed by atoms with van der Waals surface area (Å²) in [5, 5.41) is 6.40. The zero-order valence-electron chi connectivity index (χ0n) is 10.7. The van der Waals surface area contributed by atoms with E-state index in [1.54, 1.807) is 0 Å². The fourth-order valence-electron chi connectivity index (χ4n) is 2.68. The van der Waals surface area contributed by atoms with E-state index in [0.29, 0.717) is 12.0 Å². The van der Waals surface area contributed by atoms with Crippen LogP contribution < -0.4 is 10.6 Å². The number of hydrogen-bond donors (Lipinski definition) is 2. The number of hydrogen-bond acceptors (Lipinski definition) is 3. The Balaban J connectivity index is 1.62. The van der Waals surface area contributed by atoms with Crippen LogP contribution in [0.3, 0.4) is 0 Å². The van der Waals surface area contributed by atoms with Gasteiger partial charge in [0.25, 0.3) is 0 Å². The molecule has 0 radical (unpaired) electrons. The minimum absolute atomic E-state index is 0.0265. The van der Waals surface area contributed by atoms with E-state index in [9.17, 15) is 4.79 Å². The van der Waals surface area contributed by atoms with Crippen molar-refractivity contribution >= 4 is 5.91 Å². The van der Waals surface area contributed by atoms with Gasteiger partial charge in [0, 0.05) is 25.8 Å². The predicted octanol–water partition coefficient (Wildman–Crippen LogP) is 1.06.